The van der Waals surface area contributed by atoms with Crippen LogP contribution in [-0.2, 0) is 21.4 Å². The molecule has 0 spiro atoms. The normalized spacial score (nSPS) is 11.0. The van der Waals surface area contributed by atoms with Crippen LogP contribution in [0, 0.1) is 6.92 Å². The van der Waals surface area contributed by atoms with Gasteiger partial charge in [0.2, 0.25) is 0 Å². The van der Waals surface area contributed by atoms with Crippen molar-refractivity contribution in [2.75, 3.05) is 4.72 Å². The number of nitrogens with one attached hydrogen (secondary N) is 1. The lowest BCUT2D eigenvalue weighted by Gasteiger charge is -2.10. The van der Waals surface area contributed by atoms with Gasteiger partial charge in [0.05, 0.1) is 10.5 Å². The molecule has 0 bridgehead atoms. The zero-order chi connectivity index (χ0) is 19.3. The van der Waals surface area contributed by atoms with E-state index in [0.29, 0.717) is 5.69 Å². The number of hydrogen-bond donors (Lipinski definition) is 1. The SMILES string of the molecule is Cc1ccc(COC(=O)c2cccc(NS(=O)(=O)c3ccccc3)c2)cc1. The van der Waals surface area contributed by atoms with Crippen molar-refractivity contribution in [1.82, 2.24) is 0 Å². The summed E-state index contributed by atoms with van der Waals surface area (Å²) in [6.45, 7) is 2.14. The molecule has 27 heavy (non-hydrogen) atoms. The van der Waals surface area contributed by atoms with Crippen LogP contribution in [0.25, 0.3) is 0 Å². The molecule has 0 aromatic heterocycles. The van der Waals surface area contributed by atoms with Crippen LogP contribution in [0.15, 0.2) is 83.8 Å². The van der Waals surface area contributed by atoms with E-state index in [1.165, 1.54) is 18.2 Å². The summed E-state index contributed by atoms with van der Waals surface area (Å²) in [6.07, 6.45) is 0. The standard InChI is InChI=1S/C21H19NO4S/c1-16-10-12-17(13-11-16)15-26-21(23)18-6-5-7-19(14-18)22-27(24,25)20-8-3-2-4-9-20/h2-14,22H,15H2,1H3. The van der Waals surface area contributed by atoms with Crippen molar-refractivity contribution in [3.8, 4) is 0 Å². The first-order valence-corrected chi connectivity index (χ1v) is 9.83. The van der Waals surface area contributed by atoms with Gasteiger partial charge >= 0.3 is 5.97 Å². The largest absolute Gasteiger partial charge is 0.457 e. The molecular weight excluding hydrogens is 362 g/mol. The van der Waals surface area contributed by atoms with Gasteiger partial charge in [0.25, 0.3) is 10.0 Å². The molecule has 6 heteroatoms. The van der Waals surface area contributed by atoms with Crippen LogP contribution in [-0.4, -0.2) is 14.4 Å². The van der Waals surface area contributed by atoms with E-state index < -0.39 is 16.0 Å². The van der Waals surface area contributed by atoms with Crippen LogP contribution in [0.3, 0.4) is 0 Å². The Hall–Kier alpha value is -3.12. The predicted molar refractivity (Wildman–Crippen MR) is 104 cm³/mol. The van der Waals surface area contributed by atoms with Crippen molar-refractivity contribution in [3.05, 3.63) is 95.6 Å². The summed E-state index contributed by atoms with van der Waals surface area (Å²) in [5, 5.41) is 0. The summed E-state index contributed by atoms with van der Waals surface area (Å²) in [4.78, 5) is 12.4. The van der Waals surface area contributed by atoms with Crippen molar-refractivity contribution in [1.29, 1.82) is 0 Å². The van der Waals surface area contributed by atoms with Crippen LogP contribution >= 0.6 is 0 Å². The first-order chi connectivity index (χ1) is 12.9. The molecule has 3 rings (SSSR count). The highest BCUT2D eigenvalue weighted by Crippen LogP contribution is 2.18. The molecule has 0 aliphatic heterocycles. The maximum Gasteiger partial charge on any atom is 0.338 e. The van der Waals surface area contributed by atoms with E-state index in [0.717, 1.165) is 11.1 Å². The maximum atomic E-state index is 12.4. The molecule has 3 aromatic carbocycles. The van der Waals surface area contributed by atoms with E-state index in [4.69, 9.17) is 4.74 Å². The number of carbonyl (C=O) groups is 1. The van der Waals surface area contributed by atoms with Gasteiger partial charge in [-0.25, -0.2) is 13.2 Å². The second-order valence-corrected chi connectivity index (χ2v) is 7.74. The van der Waals surface area contributed by atoms with Crippen molar-refractivity contribution in [3.63, 3.8) is 0 Å². The Morgan fingerprint density at radius 2 is 1.63 bits per heavy atom. The smallest absolute Gasteiger partial charge is 0.338 e. The van der Waals surface area contributed by atoms with Crippen LogP contribution < -0.4 is 4.72 Å². The quantitative estimate of drug-likeness (QED) is 0.651. The van der Waals surface area contributed by atoms with E-state index >= 15 is 0 Å². The Kier molecular flexibility index (Phi) is 5.57. The molecule has 138 valence electrons. The minimum absolute atomic E-state index is 0.150. The molecule has 0 heterocycles. The lowest BCUT2D eigenvalue weighted by atomic mass is 10.1. The van der Waals surface area contributed by atoms with Crippen LogP contribution in [0.2, 0.25) is 0 Å². The highest BCUT2D eigenvalue weighted by molar-refractivity contribution is 7.92. The molecule has 1 N–H and O–H groups in total. The Labute approximate surface area is 158 Å². The zero-order valence-corrected chi connectivity index (χ0v) is 15.6. The molecule has 0 fully saturated rings. The number of sulfonamides is 1. The Balaban J connectivity index is 1.69. The first kappa shape index (κ1) is 18.7. The second-order valence-electron chi connectivity index (χ2n) is 6.06. The number of rotatable bonds is 6. The molecule has 0 aliphatic rings. The van der Waals surface area contributed by atoms with Gasteiger partial charge in [-0.2, -0.15) is 0 Å². The minimum Gasteiger partial charge on any atom is -0.457 e. The fourth-order valence-corrected chi connectivity index (χ4v) is 3.51. The summed E-state index contributed by atoms with van der Waals surface area (Å²) in [6, 6.07) is 21.9. The number of anilines is 1. The van der Waals surface area contributed by atoms with Gasteiger partial charge in [0.1, 0.15) is 6.61 Å². The summed E-state index contributed by atoms with van der Waals surface area (Å²) in [5.41, 5.74) is 2.58. The third-order valence-corrected chi connectivity index (χ3v) is 5.29. The number of ether oxygens (including phenoxy) is 1. The topological polar surface area (TPSA) is 72.5 Å². The number of esters is 1. The number of aryl methyl sites for hydroxylation is 1. The Bertz CT molecular complexity index is 1030. The number of benzene rings is 3. The van der Waals surface area contributed by atoms with E-state index in [-0.39, 0.29) is 17.1 Å². The lowest BCUT2D eigenvalue weighted by Crippen LogP contribution is -2.13. The fraction of sp³-hybridized carbons (Fsp3) is 0.0952. The van der Waals surface area contributed by atoms with Gasteiger partial charge in [-0.3, -0.25) is 4.72 Å². The fourth-order valence-electron chi connectivity index (χ4n) is 2.44. The molecule has 5 nitrogen and oxygen atoms in total. The highest BCUT2D eigenvalue weighted by Gasteiger charge is 2.15. The monoisotopic (exact) mass is 381 g/mol. The maximum absolute atomic E-state index is 12.4. The summed E-state index contributed by atoms with van der Waals surface area (Å²) in [7, 11) is -3.72. The molecule has 0 unspecified atom stereocenters. The van der Waals surface area contributed by atoms with Gasteiger partial charge in [-0.05, 0) is 42.8 Å². The summed E-state index contributed by atoms with van der Waals surface area (Å²) in [5.74, 6) is -0.517. The Morgan fingerprint density at radius 3 is 2.33 bits per heavy atom. The van der Waals surface area contributed by atoms with Gasteiger partial charge in [-0.15, -0.1) is 0 Å². The van der Waals surface area contributed by atoms with Crippen molar-refractivity contribution in [2.45, 2.75) is 18.4 Å². The van der Waals surface area contributed by atoms with Gasteiger partial charge in [0, 0.05) is 5.69 Å². The van der Waals surface area contributed by atoms with E-state index in [2.05, 4.69) is 4.72 Å². The number of carbonyl (C=O) groups excluding carboxylic acids is 1. The Morgan fingerprint density at radius 1 is 0.926 bits per heavy atom. The number of hydrogen-bond acceptors (Lipinski definition) is 4. The van der Waals surface area contributed by atoms with Crippen LogP contribution in [0.1, 0.15) is 21.5 Å². The lowest BCUT2D eigenvalue weighted by molar-refractivity contribution is 0.0473. The van der Waals surface area contributed by atoms with Gasteiger partial charge in [-0.1, -0.05) is 54.1 Å². The molecular formula is C21H19NO4S. The molecule has 0 saturated heterocycles. The molecule has 3 aromatic rings. The van der Waals surface area contributed by atoms with Crippen molar-refractivity contribution >= 4 is 21.7 Å². The predicted octanol–water partition coefficient (Wildman–Crippen LogP) is 4.15. The molecule has 0 aliphatic carbocycles. The zero-order valence-electron chi connectivity index (χ0n) is 14.8. The molecule has 0 saturated carbocycles. The van der Waals surface area contributed by atoms with E-state index in [9.17, 15) is 13.2 Å². The molecule has 0 atom stereocenters. The van der Waals surface area contributed by atoms with E-state index in [1.54, 1.807) is 36.4 Å². The van der Waals surface area contributed by atoms with Gasteiger partial charge in [0.15, 0.2) is 0 Å². The van der Waals surface area contributed by atoms with Crippen LogP contribution in [0.5, 0.6) is 0 Å². The van der Waals surface area contributed by atoms with Crippen LogP contribution in [0.4, 0.5) is 5.69 Å². The minimum atomic E-state index is -3.72. The second kappa shape index (κ2) is 8.05. The van der Waals surface area contributed by atoms with E-state index in [1.807, 2.05) is 31.2 Å². The van der Waals surface area contributed by atoms with Gasteiger partial charge < -0.3 is 4.74 Å². The molecule has 0 amide bonds. The van der Waals surface area contributed by atoms with Crippen molar-refractivity contribution in [2.24, 2.45) is 0 Å². The average Bonchev–Trinajstić information content (AvgIpc) is 2.68. The summed E-state index contributed by atoms with van der Waals surface area (Å²) < 4.78 is 32.6. The third-order valence-electron chi connectivity index (χ3n) is 3.89. The molecule has 0 radical (unpaired) electrons. The summed E-state index contributed by atoms with van der Waals surface area (Å²) >= 11 is 0. The highest BCUT2D eigenvalue weighted by atomic mass is 32.2. The average molecular weight is 381 g/mol. The third kappa shape index (κ3) is 4.95. The first-order valence-electron chi connectivity index (χ1n) is 8.35. The van der Waals surface area contributed by atoms with Crippen molar-refractivity contribution < 1.29 is 17.9 Å².